The van der Waals surface area contributed by atoms with E-state index in [9.17, 15) is 4.79 Å². The maximum Gasteiger partial charge on any atom is 0.208 e. The average molecular weight is 222 g/mol. The van der Waals surface area contributed by atoms with Crippen molar-refractivity contribution in [2.45, 2.75) is 33.2 Å². The van der Waals surface area contributed by atoms with Gasteiger partial charge in [-0.25, -0.2) is 4.98 Å². The van der Waals surface area contributed by atoms with Crippen molar-refractivity contribution in [3.63, 3.8) is 0 Å². The van der Waals surface area contributed by atoms with Crippen LogP contribution >= 0.6 is 0 Å². The Morgan fingerprint density at radius 3 is 2.62 bits per heavy atom. The van der Waals surface area contributed by atoms with Gasteiger partial charge in [-0.3, -0.25) is 4.90 Å². The lowest BCUT2D eigenvalue weighted by Crippen LogP contribution is -2.33. The maximum atomic E-state index is 10.6. The van der Waals surface area contributed by atoms with Crippen molar-refractivity contribution in [2.24, 2.45) is 5.92 Å². The fourth-order valence-corrected chi connectivity index (χ4v) is 2.05. The minimum Gasteiger partial charge on any atom is -0.444 e. The number of likely N-dealkylation sites (tertiary alicyclic amines) is 1. The molecule has 1 aromatic heterocycles. The lowest BCUT2D eigenvalue weighted by atomic mass is 9.99. The van der Waals surface area contributed by atoms with Crippen LogP contribution in [0.3, 0.4) is 0 Å². The van der Waals surface area contributed by atoms with Crippen molar-refractivity contribution in [3.8, 4) is 0 Å². The van der Waals surface area contributed by atoms with E-state index in [0.717, 1.165) is 56.1 Å². The molecular formula is C12H18N2O2. The van der Waals surface area contributed by atoms with Gasteiger partial charge in [0.05, 0.1) is 12.2 Å². The van der Waals surface area contributed by atoms with E-state index in [2.05, 4.69) is 9.88 Å². The summed E-state index contributed by atoms with van der Waals surface area (Å²) in [5, 5.41) is 0. The summed E-state index contributed by atoms with van der Waals surface area (Å²) in [6, 6.07) is 0. The molecule has 2 rings (SSSR count). The highest BCUT2D eigenvalue weighted by Gasteiger charge is 2.20. The molecule has 4 nitrogen and oxygen atoms in total. The van der Waals surface area contributed by atoms with E-state index in [1.54, 1.807) is 0 Å². The van der Waals surface area contributed by atoms with Crippen LogP contribution in [0.2, 0.25) is 0 Å². The smallest absolute Gasteiger partial charge is 0.208 e. The molecule has 4 heteroatoms. The Labute approximate surface area is 95.6 Å². The molecule has 1 fully saturated rings. The third-order valence-electron chi connectivity index (χ3n) is 3.26. The summed E-state index contributed by atoms with van der Waals surface area (Å²) in [6.07, 6.45) is 3.00. The molecule has 16 heavy (non-hydrogen) atoms. The highest BCUT2D eigenvalue weighted by molar-refractivity contribution is 5.53. The number of aryl methyl sites for hydroxylation is 2. The van der Waals surface area contributed by atoms with Gasteiger partial charge >= 0.3 is 0 Å². The zero-order valence-corrected chi connectivity index (χ0v) is 9.90. The van der Waals surface area contributed by atoms with Crippen LogP contribution in [0.5, 0.6) is 0 Å². The number of aromatic nitrogens is 1. The number of piperidine rings is 1. The second-order valence-electron chi connectivity index (χ2n) is 4.50. The molecule has 88 valence electrons. The summed E-state index contributed by atoms with van der Waals surface area (Å²) in [5.41, 5.74) is 0.970. The fraction of sp³-hybridized carbons (Fsp3) is 0.667. The standard InChI is InChI=1S/C12H18N2O2/c1-9-10(2)16-12(13-9)7-14-5-3-11(8-15)4-6-14/h8,11H,3-7H2,1-2H3. The number of nitrogens with zero attached hydrogens (tertiary/aromatic N) is 2. The molecule has 1 aliphatic rings. The number of oxazole rings is 1. The van der Waals surface area contributed by atoms with Crippen LogP contribution in [0.15, 0.2) is 4.42 Å². The van der Waals surface area contributed by atoms with E-state index in [1.165, 1.54) is 0 Å². The number of hydrogen-bond acceptors (Lipinski definition) is 4. The van der Waals surface area contributed by atoms with Gasteiger partial charge in [0.25, 0.3) is 0 Å². The first-order valence-electron chi connectivity index (χ1n) is 5.79. The van der Waals surface area contributed by atoms with Gasteiger partial charge in [-0.05, 0) is 39.8 Å². The van der Waals surface area contributed by atoms with E-state index >= 15 is 0 Å². The molecule has 1 aliphatic heterocycles. The van der Waals surface area contributed by atoms with Gasteiger partial charge in [0, 0.05) is 5.92 Å². The molecule has 0 radical (unpaired) electrons. The molecular weight excluding hydrogens is 204 g/mol. The van der Waals surface area contributed by atoms with Crippen LogP contribution in [-0.4, -0.2) is 29.3 Å². The van der Waals surface area contributed by atoms with Gasteiger partial charge in [-0.1, -0.05) is 0 Å². The van der Waals surface area contributed by atoms with Gasteiger partial charge in [0.2, 0.25) is 5.89 Å². The quantitative estimate of drug-likeness (QED) is 0.730. The van der Waals surface area contributed by atoms with Gasteiger partial charge in [0.1, 0.15) is 12.0 Å². The Bertz CT molecular complexity index is 346. The Morgan fingerprint density at radius 1 is 1.44 bits per heavy atom. The normalized spacial score (nSPS) is 18.9. The first-order valence-corrected chi connectivity index (χ1v) is 5.79. The van der Waals surface area contributed by atoms with Crippen LogP contribution in [0.4, 0.5) is 0 Å². The Balaban J connectivity index is 1.89. The zero-order chi connectivity index (χ0) is 11.5. The number of carbonyl (C=O) groups is 1. The molecule has 2 heterocycles. The van der Waals surface area contributed by atoms with E-state index in [0.29, 0.717) is 0 Å². The first-order chi connectivity index (χ1) is 7.69. The predicted molar refractivity (Wildman–Crippen MR) is 60.0 cm³/mol. The van der Waals surface area contributed by atoms with Crippen LogP contribution < -0.4 is 0 Å². The zero-order valence-electron chi connectivity index (χ0n) is 9.90. The van der Waals surface area contributed by atoms with Crippen molar-refractivity contribution < 1.29 is 9.21 Å². The highest BCUT2D eigenvalue weighted by atomic mass is 16.4. The Kier molecular flexibility index (Phi) is 3.39. The van der Waals surface area contributed by atoms with Gasteiger partial charge < -0.3 is 9.21 Å². The molecule has 0 saturated carbocycles. The van der Waals surface area contributed by atoms with Crippen LogP contribution in [0, 0.1) is 19.8 Å². The Morgan fingerprint density at radius 2 is 2.12 bits per heavy atom. The molecule has 0 amide bonds. The predicted octanol–water partition coefficient (Wildman–Crippen LogP) is 1.70. The summed E-state index contributed by atoms with van der Waals surface area (Å²) in [6.45, 7) is 6.58. The van der Waals surface area contributed by atoms with E-state index < -0.39 is 0 Å². The topological polar surface area (TPSA) is 46.3 Å². The molecule has 0 spiro atoms. The lowest BCUT2D eigenvalue weighted by molar-refractivity contribution is -0.112. The van der Waals surface area contributed by atoms with Crippen molar-refractivity contribution in [1.29, 1.82) is 0 Å². The number of rotatable bonds is 3. The van der Waals surface area contributed by atoms with Crippen molar-refractivity contribution in [3.05, 3.63) is 17.3 Å². The maximum absolute atomic E-state index is 10.6. The average Bonchev–Trinajstić information content (AvgIpc) is 2.59. The fourth-order valence-electron chi connectivity index (χ4n) is 2.05. The summed E-state index contributed by atoms with van der Waals surface area (Å²) in [7, 11) is 0. The van der Waals surface area contributed by atoms with E-state index in [4.69, 9.17) is 4.42 Å². The summed E-state index contributed by atoms with van der Waals surface area (Å²) in [4.78, 5) is 17.3. The number of carbonyl (C=O) groups excluding carboxylic acids is 1. The van der Waals surface area contributed by atoms with Crippen LogP contribution in [0.1, 0.15) is 30.2 Å². The summed E-state index contributed by atoms with van der Waals surface area (Å²) in [5.74, 6) is 1.95. The largest absolute Gasteiger partial charge is 0.444 e. The second kappa shape index (κ2) is 4.78. The molecule has 0 aliphatic carbocycles. The van der Waals surface area contributed by atoms with Crippen LogP contribution in [-0.2, 0) is 11.3 Å². The van der Waals surface area contributed by atoms with Gasteiger partial charge in [0.15, 0.2) is 0 Å². The molecule has 0 bridgehead atoms. The molecule has 0 unspecified atom stereocenters. The SMILES string of the molecule is Cc1nc(CN2CCC(C=O)CC2)oc1C. The lowest BCUT2D eigenvalue weighted by Gasteiger charge is -2.28. The van der Waals surface area contributed by atoms with Gasteiger partial charge in [-0.15, -0.1) is 0 Å². The number of aldehydes is 1. The minimum atomic E-state index is 0.254. The molecule has 1 aromatic rings. The van der Waals surface area contributed by atoms with E-state index in [1.807, 2.05) is 13.8 Å². The number of hydrogen-bond donors (Lipinski definition) is 0. The van der Waals surface area contributed by atoms with Crippen LogP contribution in [0.25, 0.3) is 0 Å². The molecule has 0 N–H and O–H groups in total. The molecule has 0 aromatic carbocycles. The summed E-state index contributed by atoms with van der Waals surface area (Å²) < 4.78 is 5.55. The third kappa shape index (κ3) is 2.50. The second-order valence-corrected chi connectivity index (χ2v) is 4.50. The summed E-state index contributed by atoms with van der Waals surface area (Å²) >= 11 is 0. The van der Waals surface area contributed by atoms with Crippen molar-refractivity contribution in [2.75, 3.05) is 13.1 Å². The third-order valence-corrected chi connectivity index (χ3v) is 3.26. The minimum absolute atomic E-state index is 0.254. The highest BCUT2D eigenvalue weighted by Crippen LogP contribution is 2.18. The molecule has 1 saturated heterocycles. The first kappa shape index (κ1) is 11.3. The Hall–Kier alpha value is -1.16. The van der Waals surface area contributed by atoms with Crippen molar-refractivity contribution in [1.82, 2.24) is 9.88 Å². The monoisotopic (exact) mass is 222 g/mol. The molecule has 0 atom stereocenters. The van der Waals surface area contributed by atoms with Crippen molar-refractivity contribution >= 4 is 6.29 Å². The van der Waals surface area contributed by atoms with Gasteiger partial charge in [-0.2, -0.15) is 0 Å². The van der Waals surface area contributed by atoms with E-state index in [-0.39, 0.29) is 5.92 Å².